The number of hydrogen-bond donors (Lipinski definition) is 0. The van der Waals surface area contributed by atoms with E-state index in [1.165, 1.54) is 11.1 Å². The third kappa shape index (κ3) is 5.57. The Bertz CT molecular complexity index is 770. The zero-order valence-electron chi connectivity index (χ0n) is 16.9. The lowest BCUT2D eigenvalue weighted by atomic mass is 10.1. The van der Waals surface area contributed by atoms with Gasteiger partial charge < -0.3 is 14.4 Å². The molecule has 1 saturated heterocycles. The number of ether oxygens (including phenoxy) is 2. The van der Waals surface area contributed by atoms with Crippen LogP contribution < -0.4 is 4.74 Å². The smallest absolute Gasteiger partial charge is 0.257 e. The summed E-state index contributed by atoms with van der Waals surface area (Å²) >= 11 is 0. The molecule has 0 aromatic heterocycles. The second-order valence-corrected chi connectivity index (χ2v) is 7.10. The first-order valence-electron chi connectivity index (χ1n) is 10.0. The van der Waals surface area contributed by atoms with Gasteiger partial charge in [-0.2, -0.15) is 0 Å². The molecule has 1 aliphatic heterocycles. The molecule has 5 nitrogen and oxygen atoms in total. The molecule has 0 atom stereocenters. The number of piperazine rings is 1. The van der Waals surface area contributed by atoms with E-state index in [-0.39, 0.29) is 5.91 Å². The van der Waals surface area contributed by atoms with E-state index in [1.54, 1.807) is 0 Å². The number of hydrogen-bond acceptors (Lipinski definition) is 4. The van der Waals surface area contributed by atoms with E-state index in [0.717, 1.165) is 32.7 Å². The molecule has 1 aliphatic rings. The Balaban J connectivity index is 1.55. The molecule has 1 amide bonds. The minimum Gasteiger partial charge on any atom is -0.490 e. The molecule has 28 heavy (non-hydrogen) atoms. The van der Waals surface area contributed by atoms with Crippen LogP contribution in [0.4, 0.5) is 0 Å². The second kappa shape index (κ2) is 10.2. The van der Waals surface area contributed by atoms with Crippen LogP contribution in [0.2, 0.25) is 0 Å². The summed E-state index contributed by atoms with van der Waals surface area (Å²) < 4.78 is 11.1. The van der Waals surface area contributed by atoms with Gasteiger partial charge in [-0.3, -0.25) is 9.69 Å². The lowest BCUT2D eigenvalue weighted by Crippen LogP contribution is -2.48. The van der Waals surface area contributed by atoms with Gasteiger partial charge in [-0.05, 0) is 31.5 Å². The number of nitrogens with zero attached hydrogens (tertiary/aromatic N) is 2. The predicted octanol–water partition coefficient (Wildman–Crippen LogP) is 3.37. The van der Waals surface area contributed by atoms with Crippen molar-refractivity contribution in [1.82, 2.24) is 9.80 Å². The second-order valence-electron chi connectivity index (χ2n) is 7.10. The fraction of sp³-hybridized carbons (Fsp3) is 0.435. The van der Waals surface area contributed by atoms with E-state index >= 15 is 0 Å². The average Bonchev–Trinajstić information content (AvgIpc) is 2.72. The quantitative estimate of drug-likeness (QED) is 0.657. The van der Waals surface area contributed by atoms with Crippen molar-refractivity contribution >= 4 is 5.91 Å². The van der Waals surface area contributed by atoms with Crippen molar-refractivity contribution in [2.45, 2.75) is 20.4 Å². The summed E-state index contributed by atoms with van der Waals surface area (Å²) in [5.41, 5.74) is 3.24. The van der Waals surface area contributed by atoms with Crippen LogP contribution in [-0.2, 0) is 11.3 Å². The number of aryl methyl sites for hydroxylation is 1. The zero-order chi connectivity index (χ0) is 19.8. The molecule has 0 spiro atoms. The van der Waals surface area contributed by atoms with Crippen LogP contribution in [0, 0.1) is 6.92 Å². The summed E-state index contributed by atoms with van der Waals surface area (Å²) in [5, 5.41) is 0. The van der Waals surface area contributed by atoms with Crippen LogP contribution in [0.25, 0.3) is 0 Å². The summed E-state index contributed by atoms with van der Waals surface area (Å²) in [4.78, 5) is 17.3. The van der Waals surface area contributed by atoms with Gasteiger partial charge in [0.15, 0.2) is 0 Å². The summed E-state index contributed by atoms with van der Waals surface area (Å²) in [5.74, 6) is 0.677. The van der Waals surface area contributed by atoms with Crippen molar-refractivity contribution in [3.63, 3.8) is 0 Å². The molecular formula is C23H30N2O3. The molecule has 0 radical (unpaired) electrons. The van der Waals surface area contributed by atoms with Crippen LogP contribution in [0.3, 0.4) is 0 Å². The van der Waals surface area contributed by atoms with Crippen molar-refractivity contribution in [1.29, 1.82) is 0 Å². The molecule has 1 fully saturated rings. The number of carbonyl (C=O) groups is 1. The highest BCUT2D eigenvalue weighted by molar-refractivity contribution is 5.97. The van der Waals surface area contributed by atoms with E-state index in [0.29, 0.717) is 31.1 Å². The third-order valence-corrected chi connectivity index (χ3v) is 4.95. The van der Waals surface area contributed by atoms with E-state index < -0.39 is 0 Å². The lowest BCUT2D eigenvalue weighted by Gasteiger charge is -2.35. The largest absolute Gasteiger partial charge is 0.490 e. The van der Waals surface area contributed by atoms with Gasteiger partial charge in [-0.25, -0.2) is 0 Å². The summed E-state index contributed by atoms with van der Waals surface area (Å²) in [7, 11) is 0. The Morgan fingerprint density at radius 1 is 1.00 bits per heavy atom. The van der Waals surface area contributed by atoms with Crippen molar-refractivity contribution < 1.29 is 14.3 Å². The monoisotopic (exact) mass is 382 g/mol. The third-order valence-electron chi connectivity index (χ3n) is 4.95. The van der Waals surface area contributed by atoms with Gasteiger partial charge in [0.1, 0.15) is 12.4 Å². The van der Waals surface area contributed by atoms with Crippen molar-refractivity contribution in [2.24, 2.45) is 0 Å². The standard InChI is InChI=1S/C23H30N2O3/c1-3-27-15-16-28-22-10-5-4-9-21(22)23(26)25-13-11-24(12-14-25)18-20-8-6-7-19(2)17-20/h4-10,17H,3,11-16,18H2,1-2H3. The van der Waals surface area contributed by atoms with Crippen LogP contribution >= 0.6 is 0 Å². The Hall–Kier alpha value is -2.37. The number of carbonyl (C=O) groups excluding carboxylic acids is 1. The van der Waals surface area contributed by atoms with Crippen LogP contribution in [0.15, 0.2) is 48.5 Å². The van der Waals surface area contributed by atoms with Crippen LogP contribution in [0.5, 0.6) is 5.75 Å². The molecule has 0 unspecified atom stereocenters. The molecule has 0 saturated carbocycles. The fourth-order valence-electron chi connectivity index (χ4n) is 3.47. The van der Waals surface area contributed by atoms with E-state index in [1.807, 2.05) is 36.1 Å². The maximum Gasteiger partial charge on any atom is 0.257 e. The molecule has 0 aliphatic carbocycles. The Kier molecular flexibility index (Phi) is 7.46. The first-order valence-corrected chi connectivity index (χ1v) is 10.0. The van der Waals surface area contributed by atoms with E-state index in [4.69, 9.17) is 9.47 Å². The molecular weight excluding hydrogens is 352 g/mol. The van der Waals surface area contributed by atoms with Gasteiger partial charge in [0.2, 0.25) is 0 Å². The van der Waals surface area contributed by atoms with Crippen molar-refractivity contribution in [3.05, 3.63) is 65.2 Å². The molecule has 5 heteroatoms. The summed E-state index contributed by atoms with van der Waals surface area (Å²) in [6.07, 6.45) is 0. The highest BCUT2D eigenvalue weighted by Crippen LogP contribution is 2.21. The SMILES string of the molecule is CCOCCOc1ccccc1C(=O)N1CCN(Cc2cccc(C)c2)CC1. The van der Waals surface area contributed by atoms with Gasteiger partial charge in [-0.1, -0.05) is 42.0 Å². The minimum atomic E-state index is 0.0437. The Labute approximate surface area is 167 Å². The fourth-order valence-corrected chi connectivity index (χ4v) is 3.47. The average molecular weight is 383 g/mol. The van der Waals surface area contributed by atoms with Gasteiger partial charge in [0.25, 0.3) is 5.91 Å². The lowest BCUT2D eigenvalue weighted by molar-refractivity contribution is 0.0620. The van der Waals surface area contributed by atoms with Crippen molar-refractivity contribution in [3.8, 4) is 5.75 Å². The number of benzene rings is 2. The van der Waals surface area contributed by atoms with Gasteiger partial charge in [-0.15, -0.1) is 0 Å². The minimum absolute atomic E-state index is 0.0437. The summed E-state index contributed by atoms with van der Waals surface area (Å²) in [6.45, 7) is 9.87. The highest BCUT2D eigenvalue weighted by atomic mass is 16.5. The van der Waals surface area contributed by atoms with E-state index in [9.17, 15) is 4.79 Å². The van der Waals surface area contributed by atoms with Gasteiger partial charge >= 0.3 is 0 Å². The number of para-hydroxylation sites is 1. The maximum atomic E-state index is 13.0. The van der Waals surface area contributed by atoms with E-state index in [2.05, 4.69) is 36.1 Å². The first-order chi connectivity index (χ1) is 13.7. The number of rotatable bonds is 8. The van der Waals surface area contributed by atoms with Crippen LogP contribution in [0.1, 0.15) is 28.4 Å². The van der Waals surface area contributed by atoms with Crippen molar-refractivity contribution in [2.75, 3.05) is 46.0 Å². The Morgan fingerprint density at radius 3 is 2.54 bits per heavy atom. The molecule has 2 aromatic carbocycles. The normalized spacial score (nSPS) is 14.9. The summed E-state index contributed by atoms with van der Waals surface area (Å²) in [6, 6.07) is 16.1. The van der Waals surface area contributed by atoms with Gasteiger partial charge in [0, 0.05) is 39.3 Å². The molecule has 1 heterocycles. The molecule has 0 N–H and O–H groups in total. The molecule has 150 valence electrons. The maximum absolute atomic E-state index is 13.0. The highest BCUT2D eigenvalue weighted by Gasteiger charge is 2.24. The number of amides is 1. The molecule has 0 bridgehead atoms. The van der Waals surface area contributed by atoms with Crippen LogP contribution in [-0.4, -0.2) is 61.7 Å². The predicted molar refractivity (Wildman–Crippen MR) is 111 cm³/mol. The Morgan fingerprint density at radius 2 is 1.79 bits per heavy atom. The van der Waals surface area contributed by atoms with Gasteiger partial charge in [0.05, 0.1) is 12.2 Å². The topological polar surface area (TPSA) is 42.0 Å². The zero-order valence-corrected chi connectivity index (χ0v) is 16.9. The first kappa shape index (κ1) is 20.4. The molecule has 2 aromatic rings. The molecule has 3 rings (SSSR count).